The molecule has 1 unspecified atom stereocenters. The lowest BCUT2D eigenvalue weighted by atomic mass is 10.2. The van der Waals surface area contributed by atoms with Crippen LogP contribution in [0.5, 0.6) is 0 Å². The fraction of sp³-hybridized carbons (Fsp3) is 0.667. The first kappa shape index (κ1) is 13.6. The molecule has 6 heteroatoms. The smallest absolute Gasteiger partial charge is 0.151 e. The van der Waals surface area contributed by atoms with E-state index < -0.39 is 9.84 Å². The molecule has 0 radical (unpaired) electrons. The number of hydrogen-bond acceptors (Lipinski definition) is 5. The van der Waals surface area contributed by atoms with Crippen LogP contribution in [-0.4, -0.2) is 45.0 Å². The summed E-state index contributed by atoms with van der Waals surface area (Å²) < 4.78 is 28.3. The summed E-state index contributed by atoms with van der Waals surface area (Å²) in [6.07, 6.45) is 2.42. The van der Waals surface area contributed by atoms with Crippen LogP contribution >= 0.6 is 0 Å². The van der Waals surface area contributed by atoms with Gasteiger partial charge in [0.15, 0.2) is 9.84 Å². The average molecular weight is 272 g/mol. The first-order valence-electron chi connectivity index (χ1n) is 6.12. The highest BCUT2D eigenvalue weighted by molar-refractivity contribution is 7.91. The Morgan fingerprint density at radius 1 is 1.56 bits per heavy atom. The lowest BCUT2D eigenvalue weighted by molar-refractivity contribution is 0.251. The Bertz CT molecular complexity index is 495. The van der Waals surface area contributed by atoms with Crippen molar-refractivity contribution in [1.82, 2.24) is 10.2 Å². The standard InChI is InChI=1S/C12H20N2O3S/c1-13-7-12-10(3-5-17-12)8-14(2)11-4-6-18(15,16)9-11/h3,5,11,13H,4,6-9H2,1-2H3. The highest BCUT2D eigenvalue weighted by Gasteiger charge is 2.30. The molecule has 1 N–H and O–H groups in total. The molecule has 0 bridgehead atoms. The Kier molecular flexibility index (Phi) is 4.09. The summed E-state index contributed by atoms with van der Waals surface area (Å²) in [4.78, 5) is 2.11. The second-order valence-corrected chi connectivity index (χ2v) is 7.10. The van der Waals surface area contributed by atoms with Crippen molar-refractivity contribution in [3.63, 3.8) is 0 Å². The van der Waals surface area contributed by atoms with Gasteiger partial charge in [-0.15, -0.1) is 0 Å². The quantitative estimate of drug-likeness (QED) is 0.851. The van der Waals surface area contributed by atoms with Crippen LogP contribution in [0.4, 0.5) is 0 Å². The van der Waals surface area contributed by atoms with Gasteiger partial charge in [0.2, 0.25) is 0 Å². The normalized spacial score (nSPS) is 22.7. The molecule has 0 aliphatic carbocycles. The van der Waals surface area contributed by atoms with E-state index in [-0.39, 0.29) is 11.8 Å². The van der Waals surface area contributed by atoms with Gasteiger partial charge in [-0.25, -0.2) is 8.42 Å². The van der Waals surface area contributed by atoms with Gasteiger partial charge >= 0.3 is 0 Å². The first-order valence-corrected chi connectivity index (χ1v) is 7.94. The van der Waals surface area contributed by atoms with E-state index in [1.165, 1.54) is 0 Å². The number of rotatable bonds is 5. The molecule has 1 fully saturated rings. The highest BCUT2D eigenvalue weighted by atomic mass is 32.2. The molecule has 1 aromatic rings. The number of sulfone groups is 1. The summed E-state index contributed by atoms with van der Waals surface area (Å²) >= 11 is 0. The van der Waals surface area contributed by atoms with Crippen LogP contribution in [-0.2, 0) is 22.9 Å². The Hall–Kier alpha value is -0.850. The molecular formula is C12H20N2O3S. The van der Waals surface area contributed by atoms with Gasteiger partial charge in [0.1, 0.15) is 5.76 Å². The summed E-state index contributed by atoms with van der Waals surface area (Å²) in [5, 5.41) is 3.06. The van der Waals surface area contributed by atoms with Crippen molar-refractivity contribution in [2.45, 2.75) is 25.6 Å². The van der Waals surface area contributed by atoms with Crippen LogP contribution in [0.2, 0.25) is 0 Å². The van der Waals surface area contributed by atoms with Crippen molar-refractivity contribution in [1.29, 1.82) is 0 Å². The third kappa shape index (κ3) is 3.13. The van der Waals surface area contributed by atoms with E-state index in [9.17, 15) is 8.42 Å². The summed E-state index contributed by atoms with van der Waals surface area (Å²) in [5.74, 6) is 1.52. The van der Waals surface area contributed by atoms with Gasteiger partial charge in [0.25, 0.3) is 0 Å². The summed E-state index contributed by atoms with van der Waals surface area (Å²) in [5.41, 5.74) is 1.12. The van der Waals surface area contributed by atoms with E-state index >= 15 is 0 Å². The van der Waals surface area contributed by atoms with Crippen LogP contribution < -0.4 is 5.32 Å². The zero-order valence-electron chi connectivity index (χ0n) is 10.8. The molecule has 2 rings (SSSR count). The van der Waals surface area contributed by atoms with E-state index in [0.29, 0.717) is 12.3 Å². The molecule has 1 saturated heterocycles. The Labute approximate surface area is 108 Å². The van der Waals surface area contributed by atoms with Crippen molar-refractivity contribution < 1.29 is 12.8 Å². The molecule has 0 saturated carbocycles. The fourth-order valence-corrected chi connectivity index (χ4v) is 4.15. The van der Waals surface area contributed by atoms with E-state index in [4.69, 9.17) is 4.42 Å². The predicted octanol–water partition coefficient (Wildman–Crippen LogP) is 0.618. The SMILES string of the molecule is CNCc1occc1CN(C)C1CCS(=O)(=O)C1. The minimum atomic E-state index is -2.82. The zero-order chi connectivity index (χ0) is 13.2. The van der Waals surface area contributed by atoms with Gasteiger partial charge in [0.05, 0.1) is 24.3 Å². The Morgan fingerprint density at radius 2 is 2.33 bits per heavy atom. The topological polar surface area (TPSA) is 62.6 Å². The van der Waals surface area contributed by atoms with E-state index in [1.54, 1.807) is 6.26 Å². The fourth-order valence-electron chi connectivity index (χ4n) is 2.34. The summed E-state index contributed by atoms with van der Waals surface area (Å²) in [7, 11) is 1.03. The van der Waals surface area contributed by atoms with Gasteiger partial charge in [-0.3, -0.25) is 4.90 Å². The molecule has 1 aromatic heterocycles. The lowest BCUT2D eigenvalue weighted by Crippen LogP contribution is -2.32. The maximum atomic E-state index is 11.5. The van der Waals surface area contributed by atoms with E-state index in [2.05, 4.69) is 10.2 Å². The predicted molar refractivity (Wildman–Crippen MR) is 70.0 cm³/mol. The minimum absolute atomic E-state index is 0.132. The van der Waals surface area contributed by atoms with Crippen LogP contribution in [0, 0.1) is 0 Å². The third-order valence-corrected chi connectivity index (χ3v) is 5.18. The summed E-state index contributed by atoms with van der Waals surface area (Å²) in [6.45, 7) is 1.42. The first-order chi connectivity index (χ1) is 8.52. The maximum Gasteiger partial charge on any atom is 0.151 e. The van der Waals surface area contributed by atoms with Gasteiger partial charge < -0.3 is 9.73 Å². The maximum absolute atomic E-state index is 11.5. The molecule has 5 nitrogen and oxygen atoms in total. The number of nitrogens with one attached hydrogen (secondary N) is 1. The van der Waals surface area contributed by atoms with Gasteiger partial charge in [0, 0.05) is 18.2 Å². The Morgan fingerprint density at radius 3 is 2.94 bits per heavy atom. The number of nitrogens with zero attached hydrogens (tertiary/aromatic N) is 1. The van der Waals surface area contributed by atoms with Crippen molar-refractivity contribution in [3.05, 3.63) is 23.7 Å². The molecular weight excluding hydrogens is 252 g/mol. The summed E-state index contributed by atoms with van der Waals surface area (Å²) in [6, 6.07) is 2.08. The molecule has 18 heavy (non-hydrogen) atoms. The zero-order valence-corrected chi connectivity index (χ0v) is 11.7. The second kappa shape index (κ2) is 5.42. The molecule has 2 heterocycles. The van der Waals surface area contributed by atoms with Crippen LogP contribution in [0.1, 0.15) is 17.7 Å². The van der Waals surface area contributed by atoms with Crippen molar-refractivity contribution >= 4 is 9.84 Å². The van der Waals surface area contributed by atoms with Gasteiger partial charge in [-0.05, 0) is 26.6 Å². The molecule has 1 aliphatic heterocycles. The Balaban J connectivity index is 1.99. The van der Waals surface area contributed by atoms with Gasteiger partial charge in [-0.1, -0.05) is 0 Å². The molecule has 0 amide bonds. The highest BCUT2D eigenvalue weighted by Crippen LogP contribution is 2.20. The van der Waals surface area contributed by atoms with E-state index in [1.807, 2.05) is 20.2 Å². The van der Waals surface area contributed by atoms with Crippen LogP contribution in [0.25, 0.3) is 0 Å². The van der Waals surface area contributed by atoms with Crippen molar-refractivity contribution in [2.75, 3.05) is 25.6 Å². The average Bonchev–Trinajstić information content (AvgIpc) is 2.86. The van der Waals surface area contributed by atoms with E-state index in [0.717, 1.165) is 24.3 Å². The van der Waals surface area contributed by atoms with Crippen LogP contribution in [0.15, 0.2) is 16.7 Å². The molecule has 1 aliphatic rings. The number of hydrogen-bond donors (Lipinski definition) is 1. The van der Waals surface area contributed by atoms with Crippen LogP contribution in [0.3, 0.4) is 0 Å². The molecule has 102 valence electrons. The monoisotopic (exact) mass is 272 g/mol. The molecule has 0 aromatic carbocycles. The molecule has 0 spiro atoms. The second-order valence-electron chi connectivity index (χ2n) is 4.87. The largest absolute Gasteiger partial charge is 0.468 e. The van der Waals surface area contributed by atoms with Gasteiger partial charge in [-0.2, -0.15) is 0 Å². The lowest BCUT2D eigenvalue weighted by Gasteiger charge is -2.22. The van der Waals surface area contributed by atoms with Crippen molar-refractivity contribution in [3.8, 4) is 0 Å². The third-order valence-electron chi connectivity index (χ3n) is 3.43. The number of furan rings is 1. The van der Waals surface area contributed by atoms with Crippen molar-refractivity contribution in [2.24, 2.45) is 0 Å². The molecule has 1 atom stereocenters. The minimum Gasteiger partial charge on any atom is -0.468 e.